The number of hydrogen-bond donors (Lipinski definition) is 1. The first-order chi connectivity index (χ1) is 15.0. The Kier molecular flexibility index (Phi) is 5.86. The van der Waals surface area contributed by atoms with E-state index >= 15 is 0 Å². The fourth-order valence-electron chi connectivity index (χ4n) is 3.50. The number of anilines is 2. The van der Waals surface area contributed by atoms with E-state index in [4.69, 9.17) is 4.74 Å². The van der Waals surface area contributed by atoms with Crippen molar-refractivity contribution in [2.24, 2.45) is 0 Å². The third-order valence-corrected chi connectivity index (χ3v) is 6.97. The number of alkyl halides is 3. The van der Waals surface area contributed by atoms with Gasteiger partial charge in [0.25, 0.3) is 0 Å². The number of rotatable bonds is 5. The quantitative estimate of drug-likeness (QED) is 0.572. The lowest BCUT2D eigenvalue weighted by Crippen LogP contribution is -2.40. The van der Waals surface area contributed by atoms with Gasteiger partial charge >= 0.3 is 6.18 Å². The van der Waals surface area contributed by atoms with Crippen molar-refractivity contribution in [3.63, 3.8) is 0 Å². The monoisotopic (exact) mass is 472 g/mol. The molecular formula is C20H20F4N4O3S. The summed E-state index contributed by atoms with van der Waals surface area (Å²) in [5, 5.41) is 7.11. The summed E-state index contributed by atoms with van der Waals surface area (Å²) >= 11 is 0. The predicted molar refractivity (Wildman–Crippen MR) is 110 cm³/mol. The third-order valence-electron chi connectivity index (χ3n) is 5.08. The molecule has 1 aromatic heterocycles. The van der Waals surface area contributed by atoms with Gasteiger partial charge in [-0.1, -0.05) is 0 Å². The van der Waals surface area contributed by atoms with Crippen LogP contribution in [0.15, 0.2) is 41.3 Å². The number of sulfonamides is 1. The molecule has 1 N–H and O–H groups in total. The lowest BCUT2D eigenvalue weighted by Gasteiger charge is -2.26. The van der Waals surface area contributed by atoms with Crippen molar-refractivity contribution in [2.75, 3.05) is 31.6 Å². The Labute approximate surface area is 181 Å². The highest BCUT2D eigenvalue weighted by atomic mass is 32.2. The largest absolute Gasteiger partial charge is 0.408 e. The molecular weight excluding hydrogens is 452 g/mol. The van der Waals surface area contributed by atoms with E-state index < -0.39 is 28.6 Å². The van der Waals surface area contributed by atoms with Crippen LogP contribution in [0.5, 0.6) is 0 Å². The SMILES string of the molecule is Cc1cc(Nc2nn(CC(F)(F)F)c3ccc(S(=O)(=O)N4CCOCC4)cc23)ccc1F. The number of fused-ring (bicyclic) bond motifs is 1. The summed E-state index contributed by atoms with van der Waals surface area (Å²) in [5.41, 5.74) is 0.859. The standard InChI is InChI=1S/C20H20F4N4O3S/c1-13-10-14(2-4-17(13)21)25-19-16-11-15(32(29,30)27-6-8-31-9-7-27)3-5-18(16)28(26-19)12-20(22,23)24/h2-5,10-11H,6-9,12H2,1H3,(H,25,26). The van der Waals surface area contributed by atoms with Gasteiger partial charge in [0.1, 0.15) is 12.4 Å². The summed E-state index contributed by atoms with van der Waals surface area (Å²) in [6, 6.07) is 8.01. The van der Waals surface area contributed by atoms with Gasteiger partial charge in [-0.2, -0.15) is 22.6 Å². The highest BCUT2D eigenvalue weighted by Gasteiger charge is 2.31. The van der Waals surface area contributed by atoms with Gasteiger partial charge in [-0.25, -0.2) is 12.8 Å². The Balaban J connectivity index is 1.80. The van der Waals surface area contributed by atoms with Crippen molar-refractivity contribution in [1.82, 2.24) is 14.1 Å². The van der Waals surface area contributed by atoms with Gasteiger partial charge < -0.3 is 10.1 Å². The molecule has 0 bridgehead atoms. The Hall–Kier alpha value is -2.70. The molecule has 1 fully saturated rings. The number of nitrogens with one attached hydrogen (secondary N) is 1. The van der Waals surface area contributed by atoms with E-state index in [1.165, 1.54) is 40.7 Å². The number of benzene rings is 2. The first-order valence-corrected chi connectivity index (χ1v) is 11.2. The van der Waals surface area contributed by atoms with Crippen LogP contribution in [0.4, 0.5) is 29.1 Å². The zero-order valence-electron chi connectivity index (χ0n) is 17.0. The molecule has 2 aromatic carbocycles. The predicted octanol–water partition coefficient (Wildman–Crippen LogP) is 3.81. The van der Waals surface area contributed by atoms with Crippen LogP contribution in [-0.2, 0) is 21.3 Å². The van der Waals surface area contributed by atoms with Crippen LogP contribution in [0.25, 0.3) is 10.9 Å². The molecule has 0 saturated carbocycles. The second-order valence-corrected chi connectivity index (χ2v) is 9.34. The Morgan fingerprint density at radius 2 is 1.84 bits per heavy atom. The molecule has 1 saturated heterocycles. The maximum Gasteiger partial charge on any atom is 0.408 e. The Morgan fingerprint density at radius 1 is 1.12 bits per heavy atom. The zero-order chi connectivity index (χ0) is 23.1. The summed E-state index contributed by atoms with van der Waals surface area (Å²) in [5.74, 6) is -0.392. The van der Waals surface area contributed by atoms with Crippen LogP contribution in [-0.4, -0.2) is 55.0 Å². The van der Waals surface area contributed by atoms with Gasteiger partial charge in [-0.3, -0.25) is 4.68 Å². The fraction of sp³-hybridized carbons (Fsp3) is 0.350. The van der Waals surface area contributed by atoms with Crippen LogP contribution >= 0.6 is 0 Å². The van der Waals surface area contributed by atoms with E-state index in [1.54, 1.807) is 6.92 Å². The maximum atomic E-state index is 13.6. The molecule has 0 amide bonds. The normalized spacial score (nSPS) is 15.9. The fourth-order valence-corrected chi connectivity index (χ4v) is 4.93. The molecule has 4 rings (SSSR count). The van der Waals surface area contributed by atoms with Crippen LogP contribution < -0.4 is 5.32 Å². The number of aromatic nitrogens is 2. The van der Waals surface area contributed by atoms with E-state index in [2.05, 4.69) is 10.4 Å². The Bertz CT molecular complexity index is 1250. The molecule has 172 valence electrons. The van der Waals surface area contributed by atoms with Crippen molar-refractivity contribution in [1.29, 1.82) is 0 Å². The van der Waals surface area contributed by atoms with Crippen molar-refractivity contribution in [3.8, 4) is 0 Å². The van der Waals surface area contributed by atoms with Crippen molar-refractivity contribution >= 4 is 32.4 Å². The molecule has 32 heavy (non-hydrogen) atoms. The first-order valence-electron chi connectivity index (χ1n) is 9.73. The average Bonchev–Trinajstić information content (AvgIpc) is 3.06. The number of ether oxygens (including phenoxy) is 1. The third kappa shape index (κ3) is 4.57. The molecule has 0 unspecified atom stereocenters. The van der Waals surface area contributed by atoms with Gasteiger partial charge in [0, 0.05) is 24.2 Å². The smallest absolute Gasteiger partial charge is 0.379 e. The Morgan fingerprint density at radius 3 is 2.50 bits per heavy atom. The van der Waals surface area contributed by atoms with Gasteiger partial charge in [0.15, 0.2) is 5.82 Å². The summed E-state index contributed by atoms with van der Waals surface area (Å²) in [7, 11) is -3.86. The summed E-state index contributed by atoms with van der Waals surface area (Å²) in [6.45, 7) is 1.11. The van der Waals surface area contributed by atoms with Gasteiger partial charge in [0.2, 0.25) is 10.0 Å². The molecule has 0 aliphatic carbocycles. The zero-order valence-corrected chi connectivity index (χ0v) is 17.8. The molecule has 2 heterocycles. The highest BCUT2D eigenvalue weighted by Crippen LogP contribution is 2.32. The molecule has 0 atom stereocenters. The topological polar surface area (TPSA) is 76.5 Å². The van der Waals surface area contributed by atoms with Crippen LogP contribution in [0, 0.1) is 12.7 Å². The van der Waals surface area contributed by atoms with Crippen LogP contribution in [0.1, 0.15) is 5.56 Å². The van der Waals surface area contributed by atoms with Gasteiger partial charge in [0.05, 0.1) is 23.6 Å². The molecule has 1 aliphatic heterocycles. The maximum absolute atomic E-state index is 13.6. The lowest BCUT2D eigenvalue weighted by molar-refractivity contribution is -0.141. The molecule has 0 radical (unpaired) electrons. The molecule has 7 nitrogen and oxygen atoms in total. The minimum atomic E-state index is -4.53. The van der Waals surface area contributed by atoms with Crippen molar-refractivity contribution in [2.45, 2.75) is 24.5 Å². The van der Waals surface area contributed by atoms with Crippen LogP contribution in [0.2, 0.25) is 0 Å². The van der Waals surface area contributed by atoms with E-state index in [9.17, 15) is 26.0 Å². The molecule has 12 heteroatoms. The molecule has 0 spiro atoms. The average molecular weight is 472 g/mol. The number of hydrogen-bond acceptors (Lipinski definition) is 5. The number of halogens is 4. The van der Waals surface area contributed by atoms with Gasteiger partial charge in [-0.05, 0) is 48.9 Å². The van der Waals surface area contributed by atoms with Crippen LogP contribution in [0.3, 0.4) is 0 Å². The van der Waals surface area contributed by atoms with E-state index in [0.717, 1.165) is 4.68 Å². The first kappa shape index (κ1) is 22.5. The van der Waals surface area contributed by atoms with Crippen molar-refractivity contribution in [3.05, 3.63) is 47.8 Å². The molecule has 3 aromatic rings. The minimum absolute atomic E-state index is 0.0364. The number of morpholine rings is 1. The number of aryl methyl sites for hydroxylation is 1. The van der Waals surface area contributed by atoms with Gasteiger partial charge in [-0.15, -0.1) is 0 Å². The second-order valence-electron chi connectivity index (χ2n) is 7.41. The van der Waals surface area contributed by atoms with E-state index in [1.807, 2.05) is 0 Å². The summed E-state index contributed by atoms with van der Waals surface area (Å²) in [6.07, 6.45) is -4.53. The molecule has 1 aliphatic rings. The highest BCUT2D eigenvalue weighted by molar-refractivity contribution is 7.89. The van der Waals surface area contributed by atoms with E-state index in [0.29, 0.717) is 11.3 Å². The minimum Gasteiger partial charge on any atom is -0.379 e. The summed E-state index contributed by atoms with van der Waals surface area (Å²) < 4.78 is 86.1. The van der Waals surface area contributed by atoms with Crippen molar-refractivity contribution < 1.29 is 30.7 Å². The summed E-state index contributed by atoms with van der Waals surface area (Å²) in [4.78, 5) is -0.0585. The van der Waals surface area contributed by atoms with E-state index in [-0.39, 0.29) is 47.9 Å². The lowest BCUT2D eigenvalue weighted by atomic mass is 10.2. The second kappa shape index (κ2) is 8.34. The number of nitrogens with zero attached hydrogens (tertiary/aromatic N) is 3.